The summed E-state index contributed by atoms with van der Waals surface area (Å²) in [6.45, 7) is 6.39. The average molecular weight is 370 g/mol. The van der Waals surface area contributed by atoms with E-state index < -0.39 is 11.6 Å². The predicted molar refractivity (Wildman–Crippen MR) is 99.4 cm³/mol. The molecule has 0 saturated carbocycles. The number of anilines is 2. The number of hydrogen-bond acceptors (Lipinski definition) is 5. The van der Waals surface area contributed by atoms with E-state index in [2.05, 4.69) is 20.2 Å². The Balaban J connectivity index is 1.45. The average Bonchev–Trinajstić information content (AvgIpc) is 3.02. The molecule has 0 bridgehead atoms. The number of halogens is 2. The van der Waals surface area contributed by atoms with Crippen molar-refractivity contribution in [2.45, 2.75) is 13.8 Å². The van der Waals surface area contributed by atoms with Gasteiger partial charge in [0, 0.05) is 37.9 Å². The zero-order chi connectivity index (χ0) is 19.0. The van der Waals surface area contributed by atoms with Crippen LogP contribution in [0.3, 0.4) is 0 Å². The molecule has 0 unspecified atom stereocenters. The summed E-state index contributed by atoms with van der Waals surface area (Å²) in [5.41, 5.74) is 2.24. The van der Waals surface area contributed by atoms with Gasteiger partial charge < -0.3 is 9.80 Å². The van der Waals surface area contributed by atoms with Gasteiger partial charge in [0.25, 0.3) is 0 Å². The quantitative estimate of drug-likeness (QED) is 0.710. The SMILES string of the molecule is Cc1cc(C)n(-c2ccc(N3CCN(c4cc(F)ccc4F)CC3)nn2)n1. The minimum atomic E-state index is -0.431. The molecule has 8 heteroatoms. The molecule has 0 amide bonds. The molecule has 1 aromatic carbocycles. The Hall–Kier alpha value is -3.03. The molecule has 27 heavy (non-hydrogen) atoms. The molecule has 1 aliphatic heterocycles. The maximum absolute atomic E-state index is 14.0. The highest BCUT2D eigenvalue weighted by Crippen LogP contribution is 2.23. The lowest BCUT2D eigenvalue weighted by atomic mass is 10.2. The lowest BCUT2D eigenvalue weighted by Gasteiger charge is -2.36. The molecule has 3 heterocycles. The van der Waals surface area contributed by atoms with Crippen LogP contribution in [0.2, 0.25) is 0 Å². The van der Waals surface area contributed by atoms with Gasteiger partial charge in [-0.25, -0.2) is 13.5 Å². The number of piperazine rings is 1. The normalized spacial score (nSPS) is 14.7. The largest absolute Gasteiger partial charge is 0.366 e. The second-order valence-corrected chi connectivity index (χ2v) is 6.66. The van der Waals surface area contributed by atoms with Gasteiger partial charge in [-0.3, -0.25) is 0 Å². The third-order valence-electron chi connectivity index (χ3n) is 4.72. The molecule has 0 radical (unpaired) electrons. The second kappa shape index (κ2) is 6.94. The Kier molecular flexibility index (Phi) is 4.47. The van der Waals surface area contributed by atoms with Crippen LogP contribution < -0.4 is 9.80 Å². The standard InChI is InChI=1S/C19H20F2N6/c1-13-11-14(2)27(24-13)19-6-5-18(22-23-19)26-9-7-25(8-10-26)17-12-15(20)3-4-16(17)21/h3-6,11-12H,7-10H2,1-2H3. The minimum absolute atomic E-state index is 0.306. The number of aromatic nitrogens is 4. The summed E-state index contributed by atoms with van der Waals surface area (Å²) in [6, 6.07) is 9.33. The van der Waals surface area contributed by atoms with Crippen LogP contribution in [0.1, 0.15) is 11.4 Å². The molecule has 1 aliphatic rings. The smallest absolute Gasteiger partial charge is 0.176 e. The lowest BCUT2D eigenvalue weighted by Crippen LogP contribution is -2.47. The van der Waals surface area contributed by atoms with Gasteiger partial charge in [0.2, 0.25) is 0 Å². The molecular formula is C19H20F2N6. The summed E-state index contributed by atoms with van der Waals surface area (Å²) >= 11 is 0. The van der Waals surface area contributed by atoms with Gasteiger partial charge in [-0.05, 0) is 44.2 Å². The van der Waals surface area contributed by atoms with Crippen LogP contribution in [0.25, 0.3) is 5.82 Å². The lowest BCUT2D eigenvalue weighted by molar-refractivity contribution is 0.578. The summed E-state index contributed by atoms with van der Waals surface area (Å²) in [4.78, 5) is 3.94. The highest BCUT2D eigenvalue weighted by Gasteiger charge is 2.21. The molecule has 0 spiro atoms. The molecule has 1 saturated heterocycles. The van der Waals surface area contributed by atoms with Crippen molar-refractivity contribution in [2.24, 2.45) is 0 Å². The molecular weight excluding hydrogens is 350 g/mol. The molecule has 0 N–H and O–H groups in total. The van der Waals surface area contributed by atoms with E-state index in [-0.39, 0.29) is 0 Å². The van der Waals surface area contributed by atoms with Crippen LogP contribution in [0, 0.1) is 25.5 Å². The van der Waals surface area contributed by atoms with Gasteiger partial charge in [0.1, 0.15) is 11.6 Å². The van der Waals surface area contributed by atoms with Gasteiger partial charge in [0.15, 0.2) is 11.6 Å². The molecule has 3 aromatic rings. The van der Waals surface area contributed by atoms with Crippen molar-refractivity contribution in [3.05, 3.63) is 59.4 Å². The first-order valence-corrected chi connectivity index (χ1v) is 8.83. The Bertz CT molecular complexity index is 945. The van der Waals surface area contributed by atoms with Crippen LogP contribution >= 0.6 is 0 Å². The van der Waals surface area contributed by atoms with Crippen molar-refractivity contribution in [3.63, 3.8) is 0 Å². The van der Waals surface area contributed by atoms with Gasteiger partial charge in [-0.1, -0.05) is 0 Å². The molecule has 0 aliphatic carbocycles. The van der Waals surface area contributed by atoms with E-state index in [1.165, 1.54) is 12.1 Å². The van der Waals surface area contributed by atoms with Gasteiger partial charge >= 0.3 is 0 Å². The first kappa shape index (κ1) is 17.4. The van der Waals surface area contributed by atoms with Gasteiger partial charge in [-0.2, -0.15) is 5.10 Å². The predicted octanol–water partition coefficient (Wildman–Crippen LogP) is 2.88. The molecule has 1 fully saturated rings. The monoisotopic (exact) mass is 370 g/mol. The molecule has 4 rings (SSSR count). The Morgan fingerprint density at radius 1 is 0.815 bits per heavy atom. The Labute approximate surface area is 156 Å². The van der Waals surface area contributed by atoms with Crippen LogP contribution in [-0.2, 0) is 0 Å². The van der Waals surface area contributed by atoms with Crippen molar-refractivity contribution < 1.29 is 8.78 Å². The summed E-state index contributed by atoms with van der Waals surface area (Å²) in [7, 11) is 0. The van der Waals surface area contributed by atoms with Crippen molar-refractivity contribution in [3.8, 4) is 5.82 Å². The number of rotatable bonds is 3. The van der Waals surface area contributed by atoms with Crippen molar-refractivity contribution in [1.82, 2.24) is 20.0 Å². The van der Waals surface area contributed by atoms with Crippen LogP contribution in [0.5, 0.6) is 0 Å². The van der Waals surface area contributed by atoms with Crippen molar-refractivity contribution in [1.29, 1.82) is 0 Å². The fraction of sp³-hybridized carbons (Fsp3) is 0.316. The fourth-order valence-electron chi connectivity index (χ4n) is 3.37. The molecule has 140 valence electrons. The second-order valence-electron chi connectivity index (χ2n) is 6.66. The molecule has 0 atom stereocenters. The molecule has 2 aromatic heterocycles. The first-order valence-electron chi connectivity index (χ1n) is 8.83. The van der Waals surface area contributed by atoms with E-state index in [0.29, 0.717) is 37.7 Å². The van der Waals surface area contributed by atoms with E-state index in [1.54, 1.807) is 4.68 Å². The number of aryl methyl sites for hydroxylation is 2. The van der Waals surface area contributed by atoms with Crippen LogP contribution in [0.4, 0.5) is 20.3 Å². The summed E-state index contributed by atoms with van der Waals surface area (Å²) in [5.74, 6) is 0.600. The third-order valence-corrected chi connectivity index (χ3v) is 4.72. The molecule has 6 nitrogen and oxygen atoms in total. The Morgan fingerprint density at radius 3 is 2.11 bits per heavy atom. The van der Waals surface area contributed by atoms with E-state index in [4.69, 9.17) is 0 Å². The fourth-order valence-corrected chi connectivity index (χ4v) is 3.37. The highest BCUT2D eigenvalue weighted by molar-refractivity contribution is 5.50. The summed E-state index contributed by atoms with van der Waals surface area (Å²) in [5, 5.41) is 13.0. The third kappa shape index (κ3) is 3.47. The van der Waals surface area contributed by atoms with Crippen molar-refractivity contribution >= 4 is 11.5 Å². The minimum Gasteiger partial charge on any atom is -0.366 e. The van der Waals surface area contributed by atoms with E-state index >= 15 is 0 Å². The number of benzene rings is 1. The topological polar surface area (TPSA) is 50.1 Å². The Morgan fingerprint density at radius 2 is 1.48 bits per heavy atom. The van der Waals surface area contributed by atoms with E-state index in [0.717, 1.165) is 23.3 Å². The van der Waals surface area contributed by atoms with Crippen LogP contribution in [0.15, 0.2) is 36.4 Å². The summed E-state index contributed by atoms with van der Waals surface area (Å²) < 4.78 is 29.1. The number of hydrogen-bond donors (Lipinski definition) is 0. The zero-order valence-electron chi connectivity index (χ0n) is 15.2. The van der Waals surface area contributed by atoms with E-state index in [9.17, 15) is 8.78 Å². The highest BCUT2D eigenvalue weighted by atomic mass is 19.1. The van der Waals surface area contributed by atoms with E-state index in [1.807, 2.05) is 36.9 Å². The van der Waals surface area contributed by atoms with Gasteiger partial charge in [0.05, 0.1) is 11.4 Å². The summed E-state index contributed by atoms with van der Waals surface area (Å²) in [6.07, 6.45) is 0. The van der Waals surface area contributed by atoms with Crippen molar-refractivity contribution in [2.75, 3.05) is 36.0 Å². The zero-order valence-corrected chi connectivity index (χ0v) is 15.2. The number of nitrogens with zero attached hydrogens (tertiary/aromatic N) is 6. The maximum Gasteiger partial charge on any atom is 0.176 e. The van der Waals surface area contributed by atoms with Crippen LogP contribution in [-0.4, -0.2) is 46.2 Å². The first-order chi connectivity index (χ1) is 13.0. The van der Waals surface area contributed by atoms with Gasteiger partial charge in [-0.15, -0.1) is 10.2 Å². The maximum atomic E-state index is 14.0.